The van der Waals surface area contributed by atoms with Crippen LogP contribution in [0.5, 0.6) is 0 Å². The van der Waals surface area contributed by atoms with Crippen LogP contribution in [0.15, 0.2) is 94.8 Å². The maximum Gasteiger partial charge on any atom is 0.270 e. The lowest BCUT2D eigenvalue weighted by atomic mass is 10.1. The summed E-state index contributed by atoms with van der Waals surface area (Å²) in [6.07, 6.45) is 1.65. The minimum absolute atomic E-state index is 0.0376. The zero-order valence-corrected chi connectivity index (χ0v) is 18.9. The van der Waals surface area contributed by atoms with E-state index in [9.17, 15) is 10.1 Å². The summed E-state index contributed by atoms with van der Waals surface area (Å²) in [5.74, 6) is 0.158. The Morgan fingerprint density at radius 1 is 0.971 bits per heavy atom. The van der Waals surface area contributed by atoms with Gasteiger partial charge in [-0.2, -0.15) is 10.4 Å². The largest absolute Gasteiger partial charge is 0.339 e. The van der Waals surface area contributed by atoms with Gasteiger partial charge in [-0.15, -0.1) is 0 Å². The van der Waals surface area contributed by atoms with Gasteiger partial charge in [-0.3, -0.25) is 9.78 Å². The predicted octanol–water partition coefficient (Wildman–Crippen LogP) is 5.30. The minimum atomic E-state index is -0.520. The number of nitrogens with one attached hydrogen (secondary N) is 2. The Balaban J connectivity index is 1.53. The molecule has 0 amide bonds. The molecule has 0 unspecified atom stereocenters. The highest BCUT2D eigenvalue weighted by Crippen LogP contribution is 2.27. The molecule has 0 aliphatic rings. The van der Waals surface area contributed by atoms with E-state index in [4.69, 9.17) is 0 Å². The van der Waals surface area contributed by atoms with E-state index in [1.165, 1.54) is 0 Å². The molecule has 0 saturated heterocycles. The van der Waals surface area contributed by atoms with Gasteiger partial charge in [0.25, 0.3) is 5.56 Å². The van der Waals surface area contributed by atoms with Crippen LogP contribution in [0.2, 0.25) is 0 Å². The Hall–Kier alpha value is -4.70. The molecule has 0 fully saturated rings. The fourth-order valence-electron chi connectivity index (χ4n) is 3.66. The molecule has 0 atom stereocenters. The average molecular weight is 449 g/mol. The molecule has 4 rings (SSSR count). The van der Waals surface area contributed by atoms with Crippen LogP contribution in [0, 0.1) is 11.3 Å². The molecule has 0 aliphatic heterocycles. The van der Waals surface area contributed by atoms with E-state index in [-0.39, 0.29) is 11.5 Å². The van der Waals surface area contributed by atoms with Crippen molar-refractivity contribution >= 4 is 23.5 Å². The molecule has 0 saturated carbocycles. The number of rotatable bonds is 7. The summed E-state index contributed by atoms with van der Waals surface area (Å²) in [5.41, 5.74) is 6.28. The van der Waals surface area contributed by atoms with Crippen LogP contribution >= 0.6 is 0 Å². The topological polar surface area (TPSA) is 97.2 Å². The van der Waals surface area contributed by atoms with E-state index in [0.717, 1.165) is 16.9 Å². The normalized spacial score (nSPS) is 10.9. The number of hydrogen-bond donors (Lipinski definition) is 2. The summed E-state index contributed by atoms with van der Waals surface area (Å²) in [5, 5.41) is 13.6. The van der Waals surface area contributed by atoms with Crippen molar-refractivity contribution in [1.29, 1.82) is 5.26 Å². The molecule has 4 aromatic rings. The van der Waals surface area contributed by atoms with Crippen molar-refractivity contribution in [2.75, 3.05) is 10.3 Å². The summed E-state index contributed by atoms with van der Waals surface area (Å²) in [7, 11) is 0. The first kappa shape index (κ1) is 22.5. The van der Waals surface area contributed by atoms with Crippen molar-refractivity contribution in [1.82, 2.24) is 9.97 Å². The Bertz CT molecular complexity index is 1370. The van der Waals surface area contributed by atoms with Gasteiger partial charge in [0.05, 0.1) is 11.9 Å². The summed E-state index contributed by atoms with van der Waals surface area (Å²) in [6.45, 7) is 4.31. The third-order valence-corrected chi connectivity index (χ3v) is 5.18. The number of anilines is 3. The molecule has 3 aromatic carbocycles. The Morgan fingerprint density at radius 3 is 2.21 bits per heavy atom. The van der Waals surface area contributed by atoms with Gasteiger partial charge in [0.2, 0.25) is 5.95 Å². The molecule has 2 N–H and O–H groups in total. The lowest BCUT2D eigenvalue weighted by molar-refractivity contribution is 0.789. The van der Waals surface area contributed by atoms with Crippen molar-refractivity contribution in [2.45, 2.75) is 19.9 Å². The van der Waals surface area contributed by atoms with E-state index in [0.29, 0.717) is 17.3 Å². The Labute approximate surface area is 198 Å². The van der Waals surface area contributed by atoms with Crippen LogP contribution in [0.1, 0.15) is 25.0 Å². The van der Waals surface area contributed by atoms with Gasteiger partial charge in [0.1, 0.15) is 11.6 Å². The number of H-pyrrole nitrogens is 1. The number of benzene rings is 3. The number of aromatic amines is 1. The van der Waals surface area contributed by atoms with Gasteiger partial charge in [-0.25, -0.2) is 10.4 Å². The highest BCUT2D eigenvalue weighted by Gasteiger charge is 2.14. The van der Waals surface area contributed by atoms with E-state index < -0.39 is 5.56 Å². The lowest BCUT2D eigenvalue weighted by Crippen LogP contribution is -2.25. The first-order valence-corrected chi connectivity index (χ1v) is 10.9. The molecular formula is C27H24N6O. The lowest BCUT2D eigenvalue weighted by Gasteiger charge is -2.29. The summed E-state index contributed by atoms with van der Waals surface area (Å²) < 4.78 is 0. The highest BCUT2D eigenvalue weighted by molar-refractivity contribution is 5.81. The second kappa shape index (κ2) is 10.3. The SMILES string of the molecule is CC(C)N(c1ccccc1)c1ccc(C=NNc2nc(-c3ccccc3)c(C#N)c(=O)[nH]2)cc1. The first-order valence-electron chi connectivity index (χ1n) is 10.9. The number of aromatic nitrogens is 2. The van der Waals surface area contributed by atoms with Crippen LogP contribution < -0.4 is 15.9 Å². The van der Waals surface area contributed by atoms with Crippen LogP contribution in [0.3, 0.4) is 0 Å². The second-order valence-electron chi connectivity index (χ2n) is 7.88. The maximum atomic E-state index is 12.4. The van der Waals surface area contributed by atoms with E-state index in [2.05, 4.69) is 51.4 Å². The van der Waals surface area contributed by atoms with Crippen molar-refractivity contribution < 1.29 is 0 Å². The average Bonchev–Trinajstić information content (AvgIpc) is 2.86. The second-order valence-corrected chi connectivity index (χ2v) is 7.88. The van der Waals surface area contributed by atoms with E-state index in [1.807, 2.05) is 66.7 Å². The highest BCUT2D eigenvalue weighted by atomic mass is 16.1. The van der Waals surface area contributed by atoms with Crippen LogP contribution in [-0.4, -0.2) is 22.2 Å². The standard InChI is InChI=1S/C27H24N6O/c1-19(2)33(22-11-7-4-8-12-22)23-15-13-20(14-16-23)18-29-32-27-30-25(21-9-5-3-6-10-21)24(17-28)26(34)31-27/h3-16,18-19H,1-2H3,(H2,30,31,32,34). The number of hydrogen-bond acceptors (Lipinski definition) is 6. The fraction of sp³-hybridized carbons (Fsp3) is 0.111. The third-order valence-electron chi connectivity index (χ3n) is 5.18. The quantitative estimate of drug-likeness (QED) is 0.295. The smallest absolute Gasteiger partial charge is 0.270 e. The van der Waals surface area contributed by atoms with Crippen molar-refractivity contribution in [3.05, 3.63) is 106 Å². The van der Waals surface area contributed by atoms with Crippen LogP contribution in [0.4, 0.5) is 17.3 Å². The summed E-state index contributed by atoms with van der Waals surface area (Å²) in [4.78, 5) is 21.6. The van der Waals surface area contributed by atoms with Gasteiger partial charge in [-0.05, 0) is 43.7 Å². The zero-order valence-electron chi connectivity index (χ0n) is 18.9. The number of para-hydroxylation sites is 1. The molecule has 0 radical (unpaired) electrons. The molecule has 0 aliphatic carbocycles. The number of hydrazone groups is 1. The number of nitrogens with zero attached hydrogens (tertiary/aromatic N) is 4. The third kappa shape index (κ3) is 5.03. The summed E-state index contributed by atoms with van der Waals surface area (Å²) >= 11 is 0. The maximum absolute atomic E-state index is 12.4. The molecule has 7 heteroatoms. The van der Waals surface area contributed by atoms with Crippen molar-refractivity contribution in [3.63, 3.8) is 0 Å². The molecule has 168 valence electrons. The molecule has 0 spiro atoms. The van der Waals surface area contributed by atoms with Gasteiger partial charge in [-0.1, -0.05) is 60.7 Å². The minimum Gasteiger partial charge on any atom is -0.339 e. The van der Waals surface area contributed by atoms with E-state index >= 15 is 0 Å². The molecule has 34 heavy (non-hydrogen) atoms. The van der Waals surface area contributed by atoms with E-state index in [1.54, 1.807) is 18.3 Å². The first-order chi connectivity index (χ1) is 16.6. The fourth-order valence-corrected chi connectivity index (χ4v) is 3.66. The molecule has 1 aromatic heterocycles. The number of nitriles is 1. The predicted molar refractivity (Wildman–Crippen MR) is 136 cm³/mol. The van der Waals surface area contributed by atoms with Gasteiger partial charge in [0.15, 0.2) is 0 Å². The summed E-state index contributed by atoms with van der Waals surface area (Å²) in [6, 6.07) is 29.6. The molecular weight excluding hydrogens is 424 g/mol. The van der Waals surface area contributed by atoms with Crippen molar-refractivity contribution in [3.8, 4) is 17.3 Å². The molecule has 7 nitrogen and oxygen atoms in total. The van der Waals surface area contributed by atoms with Gasteiger partial charge >= 0.3 is 0 Å². The van der Waals surface area contributed by atoms with Crippen LogP contribution in [-0.2, 0) is 0 Å². The Morgan fingerprint density at radius 2 is 1.59 bits per heavy atom. The van der Waals surface area contributed by atoms with Crippen molar-refractivity contribution in [2.24, 2.45) is 5.10 Å². The zero-order chi connectivity index (χ0) is 23.9. The monoisotopic (exact) mass is 448 g/mol. The molecule has 1 heterocycles. The van der Waals surface area contributed by atoms with Crippen LogP contribution in [0.25, 0.3) is 11.3 Å². The van der Waals surface area contributed by atoms with Gasteiger partial charge in [0, 0.05) is 23.0 Å². The molecule has 0 bridgehead atoms. The van der Waals surface area contributed by atoms with Gasteiger partial charge < -0.3 is 4.90 Å². The Kier molecular flexibility index (Phi) is 6.80.